The van der Waals surface area contributed by atoms with E-state index in [0.717, 1.165) is 19.3 Å². The SMILES string of the molecule is C=C1CC[C@@]23CCC[C@]2(C1)CC(=O)CC3. The topological polar surface area (TPSA) is 17.1 Å². The molecular formula is C14H20O. The summed E-state index contributed by atoms with van der Waals surface area (Å²) in [6.45, 7) is 4.17. The molecule has 0 radical (unpaired) electrons. The molecule has 0 aliphatic heterocycles. The first-order valence-electron chi connectivity index (χ1n) is 6.34. The minimum Gasteiger partial charge on any atom is -0.300 e. The first kappa shape index (κ1) is 9.62. The van der Waals surface area contributed by atoms with Crippen LogP contribution in [-0.4, -0.2) is 5.78 Å². The van der Waals surface area contributed by atoms with Crippen LogP contribution in [0.15, 0.2) is 12.2 Å². The molecule has 0 bridgehead atoms. The molecule has 0 unspecified atom stereocenters. The lowest BCUT2D eigenvalue weighted by Crippen LogP contribution is -2.46. The molecule has 0 aromatic heterocycles. The Bertz CT molecular complexity index is 304. The van der Waals surface area contributed by atoms with Gasteiger partial charge in [-0.1, -0.05) is 18.6 Å². The molecule has 0 amide bonds. The average Bonchev–Trinajstić information content (AvgIpc) is 2.55. The monoisotopic (exact) mass is 204 g/mol. The number of Topliss-reactive ketones (excluding diaryl/α,β-unsaturated/α-hetero) is 1. The molecule has 0 spiro atoms. The highest BCUT2D eigenvalue weighted by Gasteiger charge is 2.58. The van der Waals surface area contributed by atoms with E-state index in [-0.39, 0.29) is 0 Å². The van der Waals surface area contributed by atoms with Gasteiger partial charge in [0.05, 0.1) is 0 Å². The third-order valence-corrected chi connectivity index (χ3v) is 5.40. The normalized spacial score (nSPS) is 45.1. The Labute approximate surface area is 91.9 Å². The van der Waals surface area contributed by atoms with Crippen molar-refractivity contribution in [3.63, 3.8) is 0 Å². The van der Waals surface area contributed by atoms with Gasteiger partial charge < -0.3 is 0 Å². The van der Waals surface area contributed by atoms with Gasteiger partial charge in [0.1, 0.15) is 5.78 Å². The molecule has 0 heterocycles. The van der Waals surface area contributed by atoms with E-state index in [0.29, 0.717) is 16.6 Å². The van der Waals surface area contributed by atoms with Crippen molar-refractivity contribution >= 4 is 5.78 Å². The highest BCUT2D eigenvalue weighted by molar-refractivity contribution is 5.80. The molecule has 0 saturated heterocycles. The van der Waals surface area contributed by atoms with E-state index < -0.39 is 0 Å². The van der Waals surface area contributed by atoms with Crippen molar-refractivity contribution in [1.82, 2.24) is 0 Å². The predicted molar refractivity (Wildman–Crippen MR) is 60.6 cm³/mol. The van der Waals surface area contributed by atoms with Gasteiger partial charge in [-0.2, -0.15) is 0 Å². The first-order valence-corrected chi connectivity index (χ1v) is 6.34. The number of carbonyl (C=O) groups excluding carboxylic acids is 1. The van der Waals surface area contributed by atoms with Crippen LogP contribution in [0.5, 0.6) is 0 Å². The fourth-order valence-electron chi connectivity index (χ4n) is 4.64. The van der Waals surface area contributed by atoms with E-state index in [9.17, 15) is 4.79 Å². The van der Waals surface area contributed by atoms with Gasteiger partial charge in [0.25, 0.3) is 0 Å². The highest BCUT2D eigenvalue weighted by atomic mass is 16.1. The van der Waals surface area contributed by atoms with E-state index >= 15 is 0 Å². The van der Waals surface area contributed by atoms with Crippen LogP contribution < -0.4 is 0 Å². The number of rotatable bonds is 0. The van der Waals surface area contributed by atoms with E-state index in [2.05, 4.69) is 6.58 Å². The molecule has 0 N–H and O–H groups in total. The van der Waals surface area contributed by atoms with Crippen molar-refractivity contribution in [2.24, 2.45) is 10.8 Å². The fourth-order valence-corrected chi connectivity index (χ4v) is 4.64. The van der Waals surface area contributed by atoms with Crippen LogP contribution in [0, 0.1) is 10.8 Å². The molecule has 15 heavy (non-hydrogen) atoms. The summed E-state index contributed by atoms with van der Waals surface area (Å²) in [5.74, 6) is 0.516. The molecule has 82 valence electrons. The molecule has 1 heteroatoms. The third-order valence-electron chi connectivity index (χ3n) is 5.40. The largest absolute Gasteiger partial charge is 0.300 e. The minimum atomic E-state index is 0.359. The zero-order valence-corrected chi connectivity index (χ0v) is 9.48. The van der Waals surface area contributed by atoms with Gasteiger partial charge in [-0.3, -0.25) is 4.79 Å². The number of hydrogen-bond acceptors (Lipinski definition) is 1. The molecule has 3 fully saturated rings. The quantitative estimate of drug-likeness (QED) is 0.551. The summed E-state index contributed by atoms with van der Waals surface area (Å²) in [5, 5.41) is 0. The Hall–Kier alpha value is -0.590. The molecule has 3 aliphatic carbocycles. The summed E-state index contributed by atoms with van der Waals surface area (Å²) >= 11 is 0. The van der Waals surface area contributed by atoms with Crippen molar-refractivity contribution in [1.29, 1.82) is 0 Å². The lowest BCUT2D eigenvalue weighted by Gasteiger charge is -2.53. The van der Waals surface area contributed by atoms with Gasteiger partial charge in [0.15, 0.2) is 0 Å². The van der Waals surface area contributed by atoms with Crippen LogP contribution in [0.1, 0.15) is 57.8 Å². The molecule has 3 rings (SSSR count). The molecule has 0 aromatic carbocycles. The van der Waals surface area contributed by atoms with Gasteiger partial charge >= 0.3 is 0 Å². The van der Waals surface area contributed by atoms with Crippen molar-refractivity contribution in [2.75, 3.05) is 0 Å². The number of hydrogen-bond donors (Lipinski definition) is 0. The Morgan fingerprint density at radius 2 is 1.67 bits per heavy atom. The standard InChI is InChI=1S/C14H20O/c1-11-3-7-13-5-2-6-14(13,9-11)10-12(15)4-8-13/h1-10H2/t13-,14+/m1/s1. The second-order valence-electron chi connectivity index (χ2n) is 6.06. The maximum absolute atomic E-state index is 11.7. The molecule has 3 saturated carbocycles. The fraction of sp³-hybridized carbons (Fsp3) is 0.786. The van der Waals surface area contributed by atoms with Gasteiger partial charge in [-0.05, 0) is 49.4 Å². The van der Waals surface area contributed by atoms with Crippen molar-refractivity contribution in [3.05, 3.63) is 12.2 Å². The van der Waals surface area contributed by atoms with Crippen molar-refractivity contribution in [2.45, 2.75) is 57.8 Å². The summed E-state index contributed by atoms with van der Waals surface area (Å²) in [6.07, 6.45) is 10.6. The van der Waals surface area contributed by atoms with Crippen LogP contribution in [0.2, 0.25) is 0 Å². The van der Waals surface area contributed by atoms with E-state index in [4.69, 9.17) is 0 Å². The van der Waals surface area contributed by atoms with E-state index in [1.54, 1.807) is 0 Å². The van der Waals surface area contributed by atoms with Gasteiger partial charge in [-0.15, -0.1) is 0 Å². The molecule has 1 nitrogen and oxygen atoms in total. The lowest BCUT2D eigenvalue weighted by molar-refractivity contribution is -0.131. The maximum atomic E-state index is 11.7. The zero-order chi connectivity index (χ0) is 10.5. The number of ketones is 1. The lowest BCUT2D eigenvalue weighted by atomic mass is 9.51. The summed E-state index contributed by atoms with van der Waals surface area (Å²) in [5.41, 5.74) is 2.31. The number of allylic oxidation sites excluding steroid dienone is 1. The molecular weight excluding hydrogens is 184 g/mol. The summed E-state index contributed by atoms with van der Waals surface area (Å²) in [4.78, 5) is 11.7. The second-order valence-corrected chi connectivity index (χ2v) is 6.06. The smallest absolute Gasteiger partial charge is 0.133 e. The molecule has 3 aliphatic rings. The van der Waals surface area contributed by atoms with Crippen molar-refractivity contribution < 1.29 is 4.79 Å². The highest BCUT2D eigenvalue weighted by Crippen LogP contribution is 2.67. The average molecular weight is 204 g/mol. The summed E-state index contributed by atoms with van der Waals surface area (Å²) < 4.78 is 0. The van der Waals surface area contributed by atoms with Crippen LogP contribution >= 0.6 is 0 Å². The Morgan fingerprint density at radius 1 is 0.933 bits per heavy atom. The van der Waals surface area contributed by atoms with Crippen molar-refractivity contribution in [3.8, 4) is 0 Å². The maximum Gasteiger partial charge on any atom is 0.133 e. The van der Waals surface area contributed by atoms with E-state index in [1.165, 1.54) is 44.1 Å². The molecule has 2 atom stereocenters. The third kappa shape index (κ3) is 1.18. The van der Waals surface area contributed by atoms with Gasteiger partial charge in [-0.25, -0.2) is 0 Å². The van der Waals surface area contributed by atoms with Crippen LogP contribution in [0.25, 0.3) is 0 Å². The Kier molecular flexibility index (Phi) is 1.90. The van der Waals surface area contributed by atoms with Crippen LogP contribution in [-0.2, 0) is 4.79 Å². The first-order chi connectivity index (χ1) is 7.16. The number of carbonyl (C=O) groups is 1. The Balaban J connectivity index is 2.01. The summed E-state index contributed by atoms with van der Waals surface area (Å²) in [7, 11) is 0. The van der Waals surface area contributed by atoms with Gasteiger partial charge in [0, 0.05) is 12.8 Å². The zero-order valence-electron chi connectivity index (χ0n) is 9.48. The van der Waals surface area contributed by atoms with Crippen LogP contribution in [0.4, 0.5) is 0 Å². The molecule has 0 aromatic rings. The van der Waals surface area contributed by atoms with Gasteiger partial charge in [0.2, 0.25) is 0 Å². The summed E-state index contributed by atoms with van der Waals surface area (Å²) in [6, 6.07) is 0. The Morgan fingerprint density at radius 3 is 2.53 bits per heavy atom. The second kappa shape index (κ2) is 2.96. The van der Waals surface area contributed by atoms with E-state index in [1.807, 2.05) is 0 Å². The minimum absolute atomic E-state index is 0.359. The van der Waals surface area contributed by atoms with Crippen LogP contribution in [0.3, 0.4) is 0 Å². The predicted octanol–water partition coefficient (Wildman–Crippen LogP) is 3.64.